The number of halogens is 2. The number of carboxylic acid groups (broad SMARTS) is 1. The van der Waals surface area contributed by atoms with Crippen molar-refractivity contribution in [3.8, 4) is 0 Å². The molecule has 0 saturated carbocycles. The average Bonchev–Trinajstić information content (AvgIpc) is 2.80. The van der Waals surface area contributed by atoms with Crippen LogP contribution in [-0.4, -0.2) is 55.4 Å². The summed E-state index contributed by atoms with van der Waals surface area (Å²) in [6.45, 7) is 0.924. The van der Waals surface area contributed by atoms with E-state index in [1.807, 2.05) is 0 Å². The van der Waals surface area contributed by atoms with Gasteiger partial charge in [0, 0.05) is 19.1 Å². The first kappa shape index (κ1) is 14.2. The molecule has 3 N–H and O–H groups in total. The van der Waals surface area contributed by atoms with E-state index in [1.54, 1.807) is 0 Å². The summed E-state index contributed by atoms with van der Waals surface area (Å²) in [6, 6.07) is -0.0602. The summed E-state index contributed by atoms with van der Waals surface area (Å²) < 4.78 is 0. The van der Waals surface area contributed by atoms with Gasteiger partial charge in [0.1, 0.15) is 11.2 Å². The molecule has 21 heavy (non-hydrogen) atoms. The van der Waals surface area contributed by atoms with Gasteiger partial charge in [-0.05, 0) is 24.4 Å². The third-order valence-corrected chi connectivity index (χ3v) is 3.82. The molecule has 0 bridgehead atoms. The third-order valence-electron chi connectivity index (χ3n) is 3.38. The molecule has 2 aromatic rings. The molecule has 1 fully saturated rings. The van der Waals surface area contributed by atoms with Gasteiger partial charge in [0.15, 0.2) is 10.8 Å². The van der Waals surface area contributed by atoms with E-state index in [0.29, 0.717) is 29.9 Å². The fraction of sp³-hybridized carbons (Fsp3) is 0.455. The van der Waals surface area contributed by atoms with Crippen LogP contribution in [0.5, 0.6) is 0 Å². The molecule has 3 heterocycles. The monoisotopic (exact) mass is 330 g/mol. The molecule has 1 amide bonds. The maximum Gasteiger partial charge on any atom is 0.407 e. The van der Waals surface area contributed by atoms with Crippen molar-refractivity contribution in [2.75, 3.05) is 18.4 Å². The van der Waals surface area contributed by atoms with E-state index in [-0.39, 0.29) is 16.5 Å². The highest BCUT2D eigenvalue weighted by molar-refractivity contribution is 6.35. The van der Waals surface area contributed by atoms with E-state index in [4.69, 9.17) is 28.3 Å². The molecule has 0 aliphatic carbocycles. The predicted molar refractivity (Wildman–Crippen MR) is 77.9 cm³/mol. The molecule has 2 aromatic heterocycles. The summed E-state index contributed by atoms with van der Waals surface area (Å²) in [5.41, 5.74) is 0.438. The Morgan fingerprint density at radius 1 is 1.43 bits per heavy atom. The van der Waals surface area contributed by atoms with Gasteiger partial charge in [0.25, 0.3) is 0 Å². The number of fused-ring (bicyclic) bond motifs is 1. The Kier molecular flexibility index (Phi) is 3.73. The molecule has 0 aromatic carbocycles. The second kappa shape index (κ2) is 5.53. The number of anilines is 1. The van der Waals surface area contributed by atoms with Gasteiger partial charge in [0.2, 0.25) is 5.28 Å². The van der Waals surface area contributed by atoms with Crippen molar-refractivity contribution in [3.63, 3.8) is 0 Å². The molecular formula is C11H12Cl2N6O2. The highest BCUT2D eigenvalue weighted by atomic mass is 35.5. The van der Waals surface area contributed by atoms with Gasteiger partial charge >= 0.3 is 6.09 Å². The second-order valence-corrected chi connectivity index (χ2v) is 5.49. The lowest BCUT2D eigenvalue weighted by atomic mass is 10.1. The van der Waals surface area contributed by atoms with E-state index < -0.39 is 6.09 Å². The predicted octanol–water partition coefficient (Wildman–Crippen LogP) is 2.21. The lowest BCUT2D eigenvalue weighted by Gasteiger charge is -2.31. The quantitative estimate of drug-likeness (QED) is 0.729. The molecule has 0 unspecified atom stereocenters. The van der Waals surface area contributed by atoms with E-state index in [0.717, 1.165) is 12.8 Å². The summed E-state index contributed by atoms with van der Waals surface area (Å²) in [6.07, 6.45) is 0.696. The van der Waals surface area contributed by atoms with Crippen molar-refractivity contribution in [1.82, 2.24) is 25.1 Å². The van der Waals surface area contributed by atoms with E-state index in [2.05, 4.69) is 25.5 Å². The molecule has 3 rings (SSSR count). The minimum atomic E-state index is -0.922. The zero-order valence-electron chi connectivity index (χ0n) is 10.8. The van der Waals surface area contributed by atoms with Crippen molar-refractivity contribution < 1.29 is 9.90 Å². The number of amides is 1. The molecule has 0 spiro atoms. The Morgan fingerprint density at radius 2 is 2.24 bits per heavy atom. The first-order valence-electron chi connectivity index (χ1n) is 6.36. The molecule has 0 radical (unpaired) electrons. The highest BCUT2D eigenvalue weighted by Crippen LogP contribution is 2.28. The van der Waals surface area contributed by atoms with Crippen LogP contribution in [-0.2, 0) is 0 Å². The van der Waals surface area contributed by atoms with Crippen LogP contribution in [0, 0.1) is 0 Å². The van der Waals surface area contributed by atoms with Crippen molar-refractivity contribution in [1.29, 1.82) is 0 Å². The third kappa shape index (κ3) is 2.81. The number of hydrogen-bond donors (Lipinski definition) is 3. The molecule has 1 saturated heterocycles. The standard InChI is InChI=1S/C11H12Cl2N6O2/c12-7-6-8(15-10(13)16-9(6)18-17-7)14-5-2-1-3-19(4-5)11(20)21/h5H,1-4H2,(H,20,21)(H2,14,15,16,17,18)/t5-/m1/s1. The van der Waals surface area contributed by atoms with Crippen LogP contribution in [0.1, 0.15) is 12.8 Å². The van der Waals surface area contributed by atoms with Gasteiger partial charge in [-0.15, -0.1) is 0 Å². The van der Waals surface area contributed by atoms with Crippen LogP contribution < -0.4 is 5.32 Å². The van der Waals surface area contributed by atoms with Crippen molar-refractivity contribution in [2.24, 2.45) is 0 Å². The number of carbonyl (C=O) groups is 1. The maximum atomic E-state index is 11.0. The summed E-state index contributed by atoms with van der Waals surface area (Å²) in [5.74, 6) is 0.459. The summed E-state index contributed by atoms with van der Waals surface area (Å²) in [5, 5.41) is 19.7. The first-order valence-corrected chi connectivity index (χ1v) is 7.11. The first-order chi connectivity index (χ1) is 10.0. The van der Waals surface area contributed by atoms with E-state index in [9.17, 15) is 4.79 Å². The van der Waals surface area contributed by atoms with E-state index >= 15 is 0 Å². The van der Waals surface area contributed by atoms with Gasteiger partial charge in [-0.3, -0.25) is 5.10 Å². The number of rotatable bonds is 2. The Labute approximate surface area is 129 Å². The van der Waals surface area contributed by atoms with Gasteiger partial charge in [-0.25, -0.2) is 4.79 Å². The van der Waals surface area contributed by atoms with Crippen molar-refractivity contribution >= 4 is 46.1 Å². The number of aromatic amines is 1. The maximum absolute atomic E-state index is 11.0. The van der Waals surface area contributed by atoms with Crippen LogP contribution in [0.15, 0.2) is 0 Å². The van der Waals surface area contributed by atoms with Crippen LogP contribution in [0.4, 0.5) is 10.6 Å². The van der Waals surface area contributed by atoms with Gasteiger partial charge < -0.3 is 15.3 Å². The molecule has 112 valence electrons. The SMILES string of the molecule is O=C(O)N1CCC[C@@H](Nc2nc(Cl)nc3[nH]nc(Cl)c23)C1. The average molecular weight is 331 g/mol. The minimum absolute atomic E-state index is 0.0602. The Balaban J connectivity index is 1.87. The van der Waals surface area contributed by atoms with Gasteiger partial charge in [-0.2, -0.15) is 15.1 Å². The normalized spacial score (nSPS) is 19.0. The summed E-state index contributed by atoms with van der Waals surface area (Å²) in [4.78, 5) is 20.6. The second-order valence-electron chi connectivity index (χ2n) is 4.79. The molecule has 1 atom stereocenters. The Hall–Kier alpha value is -1.80. The lowest BCUT2D eigenvalue weighted by molar-refractivity contribution is 0.133. The molecule has 1 aliphatic rings. The fourth-order valence-electron chi connectivity index (χ4n) is 2.43. The zero-order valence-corrected chi connectivity index (χ0v) is 12.3. The molecular weight excluding hydrogens is 319 g/mol. The summed E-state index contributed by atoms with van der Waals surface area (Å²) >= 11 is 11.9. The molecule has 10 heteroatoms. The van der Waals surface area contributed by atoms with Gasteiger partial charge in [0.05, 0.1) is 0 Å². The smallest absolute Gasteiger partial charge is 0.407 e. The number of nitrogens with zero attached hydrogens (tertiary/aromatic N) is 4. The Bertz CT molecular complexity index is 691. The fourth-order valence-corrected chi connectivity index (χ4v) is 2.82. The van der Waals surface area contributed by atoms with Crippen LogP contribution in [0.3, 0.4) is 0 Å². The molecule has 8 nitrogen and oxygen atoms in total. The number of aromatic nitrogens is 4. The topological polar surface area (TPSA) is 107 Å². The number of nitrogens with one attached hydrogen (secondary N) is 2. The molecule has 1 aliphatic heterocycles. The van der Waals surface area contributed by atoms with Crippen LogP contribution in [0.2, 0.25) is 10.4 Å². The zero-order chi connectivity index (χ0) is 15.0. The van der Waals surface area contributed by atoms with Crippen molar-refractivity contribution in [3.05, 3.63) is 10.4 Å². The number of H-pyrrole nitrogens is 1. The highest BCUT2D eigenvalue weighted by Gasteiger charge is 2.24. The number of piperidine rings is 1. The lowest BCUT2D eigenvalue weighted by Crippen LogP contribution is -2.44. The van der Waals surface area contributed by atoms with Crippen molar-refractivity contribution in [2.45, 2.75) is 18.9 Å². The Morgan fingerprint density at radius 3 is 3.00 bits per heavy atom. The van der Waals surface area contributed by atoms with E-state index in [1.165, 1.54) is 4.90 Å². The largest absolute Gasteiger partial charge is 0.465 e. The number of likely N-dealkylation sites (tertiary alicyclic amines) is 1. The minimum Gasteiger partial charge on any atom is -0.465 e. The summed E-state index contributed by atoms with van der Waals surface area (Å²) in [7, 11) is 0. The number of hydrogen-bond acceptors (Lipinski definition) is 5. The van der Waals surface area contributed by atoms with Gasteiger partial charge in [-0.1, -0.05) is 11.6 Å². The van der Waals surface area contributed by atoms with Crippen LogP contribution >= 0.6 is 23.2 Å². The van der Waals surface area contributed by atoms with Crippen LogP contribution in [0.25, 0.3) is 11.0 Å².